The van der Waals surface area contributed by atoms with Gasteiger partial charge in [-0.15, -0.1) is 0 Å². The molecule has 0 aliphatic carbocycles. The van der Waals surface area contributed by atoms with Gasteiger partial charge in [0.1, 0.15) is 6.10 Å². The Morgan fingerprint density at radius 3 is 2.82 bits per heavy atom. The van der Waals surface area contributed by atoms with Gasteiger partial charge in [-0.25, -0.2) is 0 Å². The lowest BCUT2D eigenvalue weighted by atomic mass is 10.3. The van der Waals surface area contributed by atoms with Gasteiger partial charge in [0.05, 0.1) is 13.2 Å². The Hall–Kier alpha value is -0.380. The number of hydrogen-bond donors (Lipinski definition) is 1. The Kier molecular flexibility index (Phi) is 2.65. The molecule has 0 aromatic rings. The van der Waals surface area contributed by atoms with Gasteiger partial charge in [-0.3, -0.25) is 0 Å². The van der Waals surface area contributed by atoms with Crippen molar-refractivity contribution in [1.82, 2.24) is 0 Å². The minimum atomic E-state index is -0.468. The molecule has 0 saturated carbocycles. The molecule has 1 aliphatic rings. The fourth-order valence-electron chi connectivity index (χ4n) is 1.02. The van der Waals surface area contributed by atoms with E-state index in [0.29, 0.717) is 6.61 Å². The summed E-state index contributed by atoms with van der Waals surface area (Å²) in [6.45, 7) is 4.38. The van der Waals surface area contributed by atoms with E-state index in [0.717, 1.165) is 0 Å². The zero-order chi connectivity index (χ0) is 8.32. The topological polar surface area (TPSA) is 38.7 Å². The predicted molar refractivity (Wildman–Crippen MR) is 41.1 cm³/mol. The zero-order valence-electron chi connectivity index (χ0n) is 6.91. The van der Waals surface area contributed by atoms with Gasteiger partial charge >= 0.3 is 0 Å². The third-order valence-electron chi connectivity index (χ3n) is 1.49. The number of rotatable bonds is 2. The molecule has 0 aromatic heterocycles. The largest absolute Gasteiger partial charge is 0.392 e. The average molecular weight is 158 g/mol. The molecule has 1 atom stereocenters. The number of aliphatic hydroxyl groups excluding tert-OH is 1. The second-order valence-corrected chi connectivity index (χ2v) is 2.98. The van der Waals surface area contributed by atoms with E-state index >= 15 is 0 Å². The van der Waals surface area contributed by atoms with Gasteiger partial charge in [-0.05, 0) is 13.8 Å². The summed E-state index contributed by atoms with van der Waals surface area (Å²) in [6, 6.07) is 0. The highest BCUT2D eigenvalue weighted by Gasteiger charge is 2.30. The van der Waals surface area contributed by atoms with Crippen LogP contribution in [0.2, 0.25) is 0 Å². The van der Waals surface area contributed by atoms with Crippen LogP contribution in [0.5, 0.6) is 0 Å². The Morgan fingerprint density at radius 2 is 2.36 bits per heavy atom. The van der Waals surface area contributed by atoms with Crippen molar-refractivity contribution in [3.05, 3.63) is 12.2 Å². The van der Waals surface area contributed by atoms with Gasteiger partial charge < -0.3 is 14.6 Å². The van der Waals surface area contributed by atoms with Crippen LogP contribution in [0.15, 0.2) is 12.2 Å². The van der Waals surface area contributed by atoms with Crippen LogP contribution in [0.1, 0.15) is 13.8 Å². The summed E-state index contributed by atoms with van der Waals surface area (Å²) < 4.78 is 10.7. The molecule has 0 amide bonds. The van der Waals surface area contributed by atoms with Crippen molar-refractivity contribution < 1.29 is 14.6 Å². The summed E-state index contributed by atoms with van der Waals surface area (Å²) >= 11 is 0. The first-order valence-corrected chi connectivity index (χ1v) is 3.73. The standard InChI is InChI=1S/C8H14O3/c1-8(2)10-6-7(11-8)4-3-5-9/h3-4,7,9H,5-6H2,1-2H3/b4-3-. The Labute approximate surface area is 66.6 Å². The molecule has 0 bridgehead atoms. The number of hydrogen-bond acceptors (Lipinski definition) is 3. The molecule has 1 unspecified atom stereocenters. The molecule has 1 saturated heterocycles. The van der Waals surface area contributed by atoms with Crippen LogP contribution in [-0.4, -0.2) is 30.2 Å². The third kappa shape index (κ3) is 2.61. The molecule has 0 spiro atoms. The van der Waals surface area contributed by atoms with Gasteiger partial charge in [-0.2, -0.15) is 0 Å². The maximum Gasteiger partial charge on any atom is 0.163 e. The summed E-state index contributed by atoms with van der Waals surface area (Å²) in [5.74, 6) is -0.468. The van der Waals surface area contributed by atoms with Crippen LogP contribution in [0.4, 0.5) is 0 Å². The molecule has 0 radical (unpaired) electrons. The SMILES string of the molecule is CC1(C)OCC(/C=C\CO)O1. The van der Waals surface area contributed by atoms with E-state index in [1.807, 2.05) is 19.9 Å². The molecule has 1 heterocycles. The first kappa shape index (κ1) is 8.71. The van der Waals surface area contributed by atoms with Crippen LogP contribution in [0.25, 0.3) is 0 Å². The summed E-state index contributed by atoms with van der Waals surface area (Å²) in [4.78, 5) is 0. The molecule has 1 aliphatic heterocycles. The summed E-state index contributed by atoms with van der Waals surface area (Å²) in [5, 5.41) is 8.47. The van der Waals surface area contributed by atoms with E-state index in [2.05, 4.69) is 0 Å². The van der Waals surface area contributed by atoms with Gasteiger partial charge in [0.15, 0.2) is 5.79 Å². The van der Waals surface area contributed by atoms with E-state index < -0.39 is 5.79 Å². The minimum Gasteiger partial charge on any atom is -0.392 e. The van der Waals surface area contributed by atoms with Crippen LogP contribution in [0.3, 0.4) is 0 Å². The smallest absolute Gasteiger partial charge is 0.163 e. The third-order valence-corrected chi connectivity index (χ3v) is 1.49. The molecule has 3 heteroatoms. The van der Waals surface area contributed by atoms with Crippen LogP contribution < -0.4 is 0 Å². The van der Waals surface area contributed by atoms with Crippen molar-refractivity contribution in [1.29, 1.82) is 0 Å². The van der Waals surface area contributed by atoms with Crippen molar-refractivity contribution in [2.45, 2.75) is 25.7 Å². The molecule has 0 aromatic carbocycles. The first-order valence-electron chi connectivity index (χ1n) is 3.73. The zero-order valence-corrected chi connectivity index (χ0v) is 6.91. The lowest BCUT2D eigenvalue weighted by Gasteiger charge is -2.15. The van der Waals surface area contributed by atoms with E-state index in [1.165, 1.54) is 0 Å². The lowest BCUT2D eigenvalue weighted by Crippen LogP contribution is -2.20. The Bertz CT molecular complexity index is 151. The van der Waals surface area contributed by atoms with Crippen molar-refractivity contribution in [2.24, 2.45) is 0 Å². The summed E-state index contributed by atoms with van der Waals surface area (Å²) in [6.07, 6.45) is 3.47. The number of ether oxygens (including phenoxy) is 2. The normalized spacial score (nSPS) is 29.9. The molecule has 1 N–H and O–H groups in total. The molecule has 64 valence electrons. The highest BCUT2D eigenvalue weighted by Crippen LogP contribution is 2.22. The molecule has 1 rings (SSSR count). The average Bonchev–Trinajstić information content (AvgIpc) is 2.26. The van der Waals surface area contributed by atoms with Crippen molar-refractivity contribution in [3.8, 4) is 0 Å². The van der Waals surface area contributed by atoms with E-state index in [4.69, 9.17) is 14.6 Å². The predicted octanol–water partition coefficient (Wildman–Crippen LogP) is 0.686. The summed E-state index contributed by atoms with van der Waals surface area (Å²) in [5.41, 5.74) is 0. The maximum absolute atomic E-state index is 8.47. The molecular formula is C8H14O3. The lowest BCUT2D eigenvalue weighted by molar-refractivity contribution is -0.133. The fourth-order valence-corrected chi connectivity index (χ4v) is 1.02. The quantitative estimate of drug-likeness (QED) is 0.601. The van der Waals surface area contributed by atoms with Crippen molar-refractivity contribution in [3.63, 3.8) is 0 Å². The second-order valence-electron chi connectivity index (χ2n) is 2.98. The van der Waals surface area contributed by atoms with E-state index in [9.17, 15) is 0 Å². The second kappa shape index (κ2) is 3.34. The molecule has 11 heavy (non-hydrogen) atoms. The highest BCUT2D eigenvalue weighted by atomic mass is 16.7. The van der Waals surface area contributed by atoms with Gasteiger partial charge in [0, 0.05) is 0 Å². The van der Waals surface area contributed by atoms with Crippen molar-refractivity contribution >= 4 is 0 Å². The Balaban J connectivity index is 2.36. The van der Waals surface area contributed by atoms with Crippen LogP contribution in [0, 0.1) is 0 Å². The Morgan fingerprint density at radius 1 is 1.64 bits per heavy atom. The minimum absolute atomic E-state index is 0.00264. The van der Waals surface area contributed by atoms with E-state index in [-0.39, 0.29) is 12.7 Å². The highest BCUT2D eigenvalue weighted by molar-refractivity contribution is 4.92. The fraction of sp³-hybridized carbons (Fsp3) is 0.750. The van der Waals surface area contributed by atoms with Crippen molar-refractivity contribution in [2.75, 3.05) is 13.2 Å². The van der Waals surface area contributed by atoms with Gasteiger partial charge in [-0.1, -0.05) is 12.2 Å². The number of aliphatic hydroxyl groups is 1. The monoisotopic (exact) mass is 158 g/mol. The van der Waals surface area contributed by atoms with E-state index in [1.54, 1.807) is 6.08 Å². The van der Waals surface area contributed by atoms with Gasteiger partial charge in [0.2, 0.25) is 0 Å². The van der Waals surface area contributed by atoms with Crippen LogP contribution in [-0.2, 0) is 9.47 Å². The first-order chi connectivity index (χ1) is 5.14. The van der Waals surface area contributed by atoms with Gasteiger partial charge in [0.25, 0.3) is 0 Å². The maximum atomic E-state index is 8.47. The molecular weight excluding hydrogens is 144 g/mol. The molecule has 3 nitrogen and oxygen atoms in total. The molecule has 1 fully saturated rings. The van der Waals surface area contributed by atoms with Crippen LogP contribution >= 0.6 is 0 Å². The summed E-state index contributed by atoms with van der Waals surface area (Å²) in [7, 11) is 0.